The van der Waals surface area contributed by atoms with E-state index in [9.17, 15) is 18.3 Å². The summed E-state index contributed by atoms with van der Waals surface area (Å²) in [5.41, 5.74) is 0.237. The second kappa shape index (κ2) is 5.70. The van der Waals surface area contributed by atoms with Crippen LogP contribution in [0.4, 0.5) is 13.2 Å². The Morgan fingerprint density at radius 3 is 2.53 bits per heavy atom. The molecule has 0 amide bonds. The number of rotatable bonds is 4. The van der Waals surface area contributed by atoms with Gasteiger partial charge in [-0.2, -0.15) is 0 Å². The molecule has 0 radical (unpaired) electrons. The minimum Gasteiger partial charge on any atom is -0.406 e. The lowest BCUT2D eigenvalue weighted by atomic mass is 10.1. The van der Waals surface area contributed by atoms with Gasteiger partial charge in [0, 0.05) is 17.5 Å². The normalized spacial score (nSPS) is 13.5. The highest BCUT2D eigenvalue weighted by molar-refractivity contribution is 9.10. The summed E-state index contributed by atoms with van der Waals surface area (Å²) in [5, 5.41) is 18.3. The van der Waals surface area contributed by atoms with Gasteiger partial charge in [-0.1, -0.05) is 15.9 Å². The number of ether oxygens (including phenoxy) is 1. The van der Waals surface area contributed by atoms with Crippen LogP contribution in [0.5, 0.6) is 5.75 Å². The van der Waals surface area contributed by atoms with Crippen molar-refractivity contribution in [3.8, 4) is 5.75 Å². The number of halogens is 4. The molecule has 0 spiro atoms. The van der Waals surface area contributed by atoms with Crippen LogP contribution in [0.15, 0.2) is 22.7 Å². The summed E-state index contributed by atoms with van der Waals surface area (Å²) >= 11 is 3.10. The standard InChI is InChI=1S/C10H10BrF3O3/c11-8-2-1-6(17-10(12,13)14)5-7(8)9(16)3-4-15/h1-2,5,9,15-16H,3-4H2. The SMILES string of the molecule is OCCC(O)c1cc(OC(F)(F)F)ccc1Br. The van der Waals surface area contributed by atoms with Crippen molar-refractivity contribution in [3.05, 3.63) is 28.2 Å². The van der Waals surface area contributed by atoms with E-state index in [4.69, 9.17) is 5.11 Å². The lowest BCUT2D eigenvalue weighted by molar-refractivity contribution is -0.274. The van der Waals surface area contributed by atoms with Crippen LogP contribution in [0, 0.1) is 0 Å². The molecule has 96 valence electrons. The first-order valence-electron chi connectivity index (χ1n) is 4.67. The fourth-order valence-corrected chi connectivity index (χ4v) is 1.76. The Labute approximate surface area is 104 Å². The van der Waals surface area contributed by atoms with Gasteiger partial charge in [0.05, 0.1) is 6.10 Å². The fourth-order valence-electron chi connectivity index (χ4n) is 1.25. The van der Waals surface area contributed by atoms with Crippen LogP contribution in [-0.4, -0.2) is 23.2 Å². The molecule has 0 heterocycles. The fraction of sp³-hybridized carbons (Fsp3) is 0.400. The van der Waals surface area contributed by atoms with E-state index in [1.807, 2.05) is 0 Å². The molecule has 7 heteroatoms. The minimum absolute atomic E-state index is 0.0358. The van der Waals surface area contributed by atoms with Crippen molar-refractivity contribution >= 4 is 15.9 Å². The summed E-state index contributed by atoms with van der Waals surface area (Å²) in [4.78, 5) is 0. The zero-order valence-corrected chi connectivity index (χ0v) is 10.1. The number of alkyl halides is 3. The maximum Gasteiger partial charge on any atom is 0.573 e. The van der Waals surface area contributed by atoms with Gasteiger partial charge in [0.1, 0.15) is 5.75 Å². The summed E-state index contributed by atoms with van der Waals surface area (Å²) in [5.74, 6) is -0.410. The van der Waals surface area contributed by atoms with Crippen LogP contribution in [0.3, 0.4) is 0 Å². The molecule has 0 fully saturated rings. The molecule has 0 saturated carbocycles. The summed E-state index contributed by atoms with van der Waals surface area (Å²) in [6.45, 7) is -0.266. The smallest absolute Gasteiger partial charge is 0.406 e. The third-order valence-electron chi connectivity index (χ3n) is 1.96. The predicted octanol–water partition coefficient (Wildman–Crippen LogP) is 2.76. The van der Waals surface area contributed by atoms with E-state index in [2.05, 4.69) is 20.7 Å². The monoisotopic (exact) mass is 314 g/mol. The molecule has 1 rings (SSSR count). The van der Waals surface area contributed by atoms with Gasteiger partial charge < -0.3 is 14.9 Å². The van der Waals surface area contributed by atoms with E-state index >= 15 is 0 Å². The highest BCUT2D eigenvalue weighted by atomic mass is 79.9. The third-order valence-corrected chi connectivity index (χ3v) is 2.68. The molecule has 0 aliphatic carbocycles. The van der Waals surface area contributed by atoms with Crippen LogP contribution < -0.4 is 4.74 Å². The largest absolute Gasteiger partial charge is 0.573 e. The van der Waals surface area contributed by atoms with Gasteiger partial charge in [0.2, 0.25) is 0 Å². The van der Waals surface area contributed by atoms with E-state index < -0.39 is 18.2 Å². The molecule has 17 heavy (non-hydrogen) atoms. The highest BCUT2D eigenvalue weighted by Gasteiger charge is 2.31. The Balaban J connectivity index is 2.94. The maximum atomic E-state index is 12.0. The average Bonchev–Trinajstić information content (AvgIpc) is 2.19. The first-order chi connectivity index (χ1) is 7.83. The van der Waals surface area contributed by atoms with Crippen molar-refractivity contribution in [1.29, 1.82) is 0 Å². The van der Waals surface area contributed by atoms with Crippen molar-refractivity contribution in [1.82, 2.24) is 0 Å². The molecule has 1 aromatic carbocycles. The average molecular weight is 315 g/mol. The summed E-state index contributed by atoms with van der Waals surface area (Å²) < 4.78 is 40.1. The number of hydrogen-bond acceptors (Lipinski definition) is 3. The molecule has 1 unspecified atom stereocenters. The van der Waals surface area contributed by atoms with E-state index in [0.717, 1.165) is 12.1 Å². The molecule has 2 N–H and O–H groups in total. The van der Waals surface area contributed by atoms with Gasteiger partial charge in [-0.05, 0) is 23.8 Å². The third kappa shape index (κ3) is 4.53. The van der Waals surface area contributed by atoms with E-state index in [-0.39, 0.29) is 18.6 Å². The van der Waals surface area contributed by atoms with Gasteiger partial charge in [-0.15, -0.1) is 13.2 Å². The summed E-state index contributed by atoms with van der Waals surface area (Å²) in [7, 11) is 0. The Bertz CT molecular complexity index is 382. The van der Waals surface area contributed by atoms with Crippen LogP contribution in [0.25, 0.3) is 0 Å². The summed E-state index contributed by atoms with van der Waals surface area (Å²) in [6.07, 6.45) is -5.78. The molecule has 0 aliphatic rings. The van der Waals surface area contributed by atoms with E-state index in [0.29, 0.717) is 4.47 Å². The Kier molecular flexibility index (Phi) is 4.79. The quantitative estimate of drug-likeness (QED) is 0.898. The van der Waals surface area contributed by atoms with Crippen molar-refractivity contribution in [2.75, 3.05) is 6.61 Å². The van der Waals surface area contributed by atoms with Crippen LogP contribution >= 0.6 is 15.9 Å². The minimum atomic E-state index is -4.77. The number of aliphatic hydroxyl groups excluding tert-OH is 2. The molecule has 0 saturated heterocycles. The second-order valence-electron chi connectivity index (χ2n) is 3.26. The van der Waals surface area contributed by atoms with Crippen molar-refractivity contribution in [2.45, 2.75) is 18.9 Å². The maximum absolute atomic E-state index is 12.0. The van der Waals surface area contributed by atoms with Crippen molar-refractivity contribution < 1.29 is 28.1 Å². The predicted molar refractivity (Wildman–Crippen MR) is 57.5 cm³/mol. The zero-order chi connectivity index (χ0) is 13.1. The molecular weight excluding hydrogens is 305 g/mol. The molecule has 0 bridgehead atoms. The lowest BCUT2D eigenvalue weighted by Gasteiger charge is -2.14. The van der Waals surface area contributed by atoms with E-state index in [1.54, 1.807) is 0 Å². The van der Waals surface area contributed by atoms with Crippen molar-refractivity contribution in [3.63, 3.8) is 0 Å². The Morgan fingerprint density at radius 2 is 2.00 bits per heavy atom. The lowest BCUT2D eigenvalue weighted by Crippen LogP contribution is -2.17. The zero-order valence-electron chi connectivity index (χ0n) is 8.54. The van der Waals surface area contributed by atoms with Gasteiger partial charge >= 0.3 is 6.36 Å². The van der Waals surface area contributed by atoms with Gasteiger partial charge in [0.25, 0.3) is 0 Å². The number of hydrogen-bond donors (Lipinski definition) is 2. The van der Waals surface area contributed by atoms with Crippen LogP contribution in [0.1, 0.15) is 18.1 Å². The second-order valence-corrected chi connectivity index (χ2v) is 4.11. The first kappa shape index (κ1) is 14.3. The number of benzene rings is 1. The Hall–Kier alpha value is -0.790. The molecule has 0 aliphatic heterocycles. The molecule has 3 nitrogen and oxygen atoms in total. The number of aliphatic hydroxyl groups is 2. The highest BCUT2D eigenvalue weighted by Crippen LogP contribution is 2.31. The Morgan fingerprint density at radius 1 is 1.35 bits per heavy atom. The van der Waals surface area contributed by atoms with E-state index in [1.165, 1.54) is 6.07 Å². The molecule has 0 aromatic heterocycles. The first-order valence-corrected chi connectivity index (χ1v) is 5.47. The molecule has 1 atom stereocenters. The van der Waals surface area contributed by atoms with Crippen LogP contribution in [0.2, 0.25) is 0 Å². The topological polar surface area (TPSA) is 49.7 Å². The van der Waals surface area contributed by atoms with Crippen LogP contribution in [-0.2, 0) is 0 Å². The van der Waals surface area contributed by atoms with Gasteiger partial charge in [0.15, 0.2) is 0 Å². The van der Waals surface area contributed by atoms with Gasteiger partial charge in [-0.3, -0.25) is 0 Å². The van der Waals surface area contributed by atoms with Crippen molar-refractivity contribution in [2.24, 2.45) is 0 Å². The molecule has 1 aromatic rings. The molecular formula is C10H10BrF3O3. The van der Waals surface area contributed by atoms with Gasteiger partial charge in [-0.25, -0.2) is 0 Å². The summed E-state index contributed by atoms with van der Waals surface area (Å²) in [6, 6.07) is 3.56.